The van der Waals surface area contributed by atoms with E-state index in [1.165, 1.54) is 12.1 Å². The Kier molecular flexibility index (Phi) is 3.26. The molecule has 2 heterocycles. The number of hydrogen-bond donors (Lipinski definition) is 0. The van der Waals surface area contributed by atoms with E-state index in [0.29, 0.717) is 18.0 Å². The number of carbonyl (C=O) groups excluding carboxylic acids is 1. The van der Waals surface area contributed by atoms with Crippen LogP contribution in [0.4, 0.5) is 4.39 Å². The fourth-order valence-corrected chi connectivity index (χ4v) is 2.66. The first-order valence-electron chi connectivity index (χ1n) is 6.65. The lowest BCUT2D eigenvalue weighted by Crippen LogP contribution is -2.30. The van der Waals surface area contributed by atoms with Gasteiger partial charge in [-0.15, -0.1) is 0 Å². The maximum Gasteiger partial charge on any atom is 0.276 e. The minimum Gasteiger partial charge on any atom is -0.361 e. The zero-order chi connectivity index (χ0) is 14.1. The molecule has 0 aliphatic carbocycles. The summed E-state index contributed by atoms with van der Waals surface area (Å²) in [7, 11) is 0. The van der Waals surface area contributed by atoms with E-state index in [0.717, 1.165) is 18.4 Å². The Morgan fingerprint density at radius 2 is 2.15 bits per heavy atom. The van der Waals surface area contributed by atoms with Gasteiger partial charge in [0, 0.05) is 12.6 Å². The summed E-state index contributed by atoms with van der Waals surface area (Å²) in [6.07, 6.45) is 1.82. The number of nitrogens with zero attached hydrogens (tertiary/aromatic N) is 2. The lowest BCUT2D eigenvalue weighted by Gasteiger charge is -2.24. The molecular formula is C15H15FN2O2. The fraction of sp³-hybridized carbons (Fsp3) is 0.333. The SMILES string of the molecule is Cc1cc(C(=O)N2CCC[C@@H]2c2ccc(F)cc2)no1. The summed E-state index contributed by atoms with van der Waals surface area (Å²) in [6.45, 7) is 2.44. The third-order valence-electron chi connectivity index (χ3n) is 3.62. The highest BCUT2D eigenvalue weighted by Crippen LogP contribution is 2.33. The minimum atomic E-state index is -0.267. The molecule has 0 unspecified atom stereocenters. The van der Waals surface area contributed by atoms with Gasteiger partial charge in [0.2, 0.25) is 0 Å². The summed E-state index contributed by atoms with van der Waals surface area (Å²) in [5.74, 6) is 0.219. The highest BCUT2D eigenvalue weighted by molar-refractivity contribution is 5.92. The van der Waals surface area contributed by atoms with Crippen LogP contribution < -0.4 is 0 Å². The van der Waals surface area contributed by atoms with Crippen LogP contribution in [0.25, 0.3) is 0 Å². The Labute approximate surface area is 116 Å². The molecule has 1 aromatic carbocycles. The standard InChI is InChI=1S/C15H15FN2O2/c1-10-9-13(17-20-10)15(19)18-8-2-3-14(18)11-4-6-12(16)7-5-11/h4-7,9,14H,2-3,8H2,1H3/t14-/m1/s1. The van der Waals surface area contributed by atoms with Gasteiger partial charge in [-0.05, 0) is 37.5 Å². The van der Waals surface area contributed by atoms with Crippen molar-refractivity contribution in [1.29, 1.82) is 0 Å². The van der Waals surface area contributed by atoms with Crippen LogP contribution in [0.15, 0.2) is 34.9 Å². The van der Waals surface area contributed by atoms with E-state index < -0.39 is 0 Å². The lowest BCUT2D eigenvalue weighted by atomic mass is 10.0. The van der Waals surface area contributed by atoms with Crippen LogP contribution in [0.3, 0.4) is 0 Å². The molecule has 0 radical (unpaired) electrons. The van der Waals surface area contributed by atoms with Crippen molar-refractivity contribution in [2.24, 2.45) is 0 Å². The molecule has 20 heavy (non-hydrogen) atoms. The van der Waals surface area contributed by atoms with Crippen molar-refractivity contribution in [2.75, 3.05) is 6.54 Å². The van der Waals surface area contributed by atoms with Crippen molar-refractivity contribution in [1.82, 2.24) is 10.1 Å². The fourth-order valence-electron chi connectivity index (χ4n) is 2.66. The highest BCUT2D eigenvalue weighted by Gasteiger charge is 2.31. The Morgan fingerprint density at radius 3 is 2.80 bits per heavy atom. The van der Waals surface area contributed by atoms with E-state index in [4.69, 9.17) is 4.52 Å². The van der Waals surface area contributed by atoms with Crippen LogP contribution in [-0.2, 0) is 0 Å². The molecule has 4 nitrogen and oxygen atoms in total. The maximum absolute atomic E-state index is 13.0. The second kappa shape index (κ2) is 5.07. The number of halogens is 1. The van der Waals surface area contributed by atoms with Crippen molar-refractivity contribution in [3.8, 4) is 0 Å². The Balaban J connectivity index is 1.85. The molecule has 1 atom stereocenters. The smallest absolute Gasteiger partial charge is 0.276 e. The van der Waals surface area contributed by atoms with E-state index in [-0.39, 0.29) is 17.8 Å². The van der Waals surface area contributed by atoms with Crippen LogP contribution in [0.2, 0.25) is 0 Å². The summed E-state index contributed by atoms with van der Waals surface area (Å²) >= 11 is 0. The Hall–Kier alpha value is -2.17. The average Bonchev–Trinajstić information content (AvgIpc) is 3.07. The summed E-state index contributed by atoms with van der Waals surface area (Å²) in [5, 5.41) is 3.78. The molecule has 0 bridgehead atoms. The van der Waals surface area contributed by atoms with Crippen molar-refractivity contribution in [3.05, 3.63) is 53.2 Å². The number of benzene rings is 1. The molecule has 1 fully saturated rings. The van der Waals surface area contributed by atoms with Gasteiger partial charge in [-0.3, -0.25) is 4.79 Å². The van der Waals surface area contributed by atoms with Gasteiger partial charge in [0.25, 0.3) is 5.91 Å². The first-order chi connectivity index (χ1) is 9.65. The predicted molar refractivity (Wildman–Crippen MR) is 70.7 cm³/mol. The molecule has 3 rings (SSSR count). The molecule has 0 spiro atoms. The van der Waals surface area contributed by atoms with Crippen LogP contribution in [0, 0.1) is 12.7 Å². The third-order valence-corrected chi connectivity index (χ3v) is 3.62. The summed E-state index contributed by atoms with van der Waals surface area (Å²) in [4.78, 5) is 14.2. The van der Waals surface area contributed by atoms with Gasteiger partial charge < -0.3 is 9.42 Å². The van der Waals surface area contributed by atoms with Crippen molar-refractivity contribution >= 4 is 5.91 Å². The molecule has 1 saturated heterocycles. The molecule has 1 aromatic heterocycles. The van der Waals surface area contributed by atoms with Gasteiger partial charge in [0.05, 0.1) is 6.04 Å². The molecule has 5 heteroatoms. The van der Waals surface area contributed by atoms with Gasteiger partial charge >= 0.3 is 0 Å². The molecule has 2 aromatic rings. The molecule has 0 N–H and O–H groups in total. The number of carbonyl (C=O) groups is 1. The second-order valence-corrected chi connectivity index (χ2v) is 5.03. The predicted octanol–water partition coefficient (Wildman–Crippen LogP) is 3.10. The number of aromatic nitrogens is 1. The quantitative estimate of drug-likeness (QED) is 0.845. The highest BCUT2D eigenvalue weighted by atomic mass is 19.1. The zero-order valence-electron chi connectivity index (χ0n) is 11.2. The van der Waals surface area contributed by atoms with E-state index in [2.05, 4.69) is 5.16 Å². The summed E-state index contributed by atoms with van der Waals surface area (Å²) < 4.78 is 17.9. The van der Waals surface area contributed by atoms with Crippen LogP contribution in [-0.4, -0.2) is 22.5 Å². The Morgan fingerprint density at radius 1 is 1.40 bits per heavy atom. The summed E-state index contributed by atoms with van der Waals surface area (Å²) in [6, 6.07) is 7.95. The lowest BCUT2D eigenvalue weighted by molar-refractivity contribution is 0.0725. The maximum atomic E-state index is 13.0. The van der Waals surface area contributed by atoms with Gasteiger partial charge in [0.1, 0.15) is 11.6 Å². The normalized spacial score (nSPS) is 18.5. The molecule has 1 amide bonds. The summed E-state index contributed by atoms with van der Waals surface area (Å²) in [5.41, 5.74) is 1.29. The van der Waals surface area contributed by atoms with Gasteiger partial charge in [-0.2, -0.15) is 0 Å². The number of hydrogen-bond acceptors (Lipinski definition) is 3. The topological polar surface area (TPSA) is 46.3 Å². The minimum absolute atomic E-state index is 0.0138. The largest absolute Gasteiger partial charge is 0.361 e. The van der Waals surface area contributed by atoms with Crippen molar-refractivity contribution in [2.45, 2.75) is 25.8 Å². The van der Waals surface area contributed by atoms with Crippen LogP contribution >= 0.6 is 0 Å². The van der Waals surface area contributed by atoms with Crippen LogP contribution in [0.5, 0.6) is 0 Å². The third kappa shape index (κ3) is 2.31. The van der Waals surface area contributed by atoms with Gasteiger partial charge in [-0.1, -0.05) is 17.3 Å². The first-order valence-corrected chi connectivity index (χ1v) is 6.65. The number of likely N-dealkylation sites (tertiary alicyclic amines) is 1. The molecule has 0 saturated carbocycles. The van der Waals surface area contributed by atoms with E-state index >= 15 is 0 Å². The van der Waals surface area contributed by atoms with Gasteiger partial charge in [-0.25, -0.2) is 4.39 Å². The zero-order valence-corrected chi connectivity index (χ0v) is 11.2. The van der Waals surface area contributed by atoms with E-state index in [1.54, 1.807) is 30.0 Å². The van der Waals surface area contributed by atoms with E-state index in [1.807, 2.05) is 0 Å². The van der Waals surface area contributed by atoms with Crippen molar-refractivity contribution in [3.63, 3.8) is 0 Å². The van der Waals surface area contributed by atoms with Crippen molar-refractivity contribution < 1.29 is 13.7 Å². The monoisotopic (exact) mass is 274 g/mol. The number of amides is 1. The Bertz CT molecular complexity index is 621. The number of rotatable bonds is 2. The second-order valence-electron chi connectivity index (χ2n) is 5.03. The molecule has 104 valence electrons. The first kappa shape index (κ1) is 12.8. The molecular weight excluding hydrogens is 259 g/mol. The number of aryl methyl sites for hydroxylation is 1. The van der Waals surface area contributed by atoms with Gasteiger partial charge in [0.15, 0.2) is 5.69 Å². The average molecular weight is 274 g/mol. The molecule has 1 aliphatic heterocycles. The van der Waals surface area contributed by atoms with Crippen LogP contribution in [0.1, 0.15) is 40.7 Å². The molecule has 1 aliphatic rings. The van der Waals surface area contributed by atoms with E-state index in [9.17, 15) is 9.18 Å².